The third kappa shape index (κ3) is 2.36. The van der Waals surface area contributed by atoms with Crippen molar-refractivity contribution in [1.82, 2.24) is 0 Å². The van der Waals surface area contributed by atoms with Crippen molar-refractivity contribution >= 4 is 17.4 Å². The predicted octanol–water partition coefficient (Wildman–Crippen LogP) is 0.963. The van der Waals surface area contributed by atoms with E-state index in [1.807, 2.05) is 0 Å². The Kier molecular flexibility index (Phi) is 3.62. The molecule has 18 heavy (non-hydrogen) atoms. The molecule has 5 nitrogen and oxygen atoms in total. The molecule has 5 heteroatoms. The highest BCUT2D eigenvalue weighted by Gasteiger charge is 2.21. The molecule has 1 aromatic carbocycles. The molecule has 1 heterocycles. The molecule has 0 spiro atoms. The Morgan fingerprint density at radius 1 is 1.50 bits per heavy atom. The second-order valence-electron chi connectivity index (χ2n) is 4.20. The molecular weight excluding hydrogens is 232 g/mol. The lowest BCUT2D eigenvalue weighted by Crippen LogP contribution is -2.25. The average Bonchev–Trinajstić information content (AvgIpc) is 2.50. The summed E-state index contributed by atoms with van der Waals surface area (Å²) in [6.07, 6.45) is 0.647. The van der Waals surface area contributed by atoms with E-state index in [-0.39, 0.29) is 11.7 Å². The summed E-state index contributed by atoms with van der Waals surface area (Å²) in [6.45, 7) is 0.688. The lowest BCUT2D eigenvalue weighted by Gasteiger charge is -2.17. The van der Waals surface area contributed by atoms with Crippen LogP contribution in [0.5, 0.6) is 5.75 Å². The second kappa shape index (κ2) is 5.18. The van der Waals surface area contributed by atoms with Gasteiger partial charge in [-0.3, -0.25) is 9.59 Å². The third-order valence-corrected chi connectivity index (χ3v) is 2.96. The number of anilines is 1. The van der Waals surface area contributed by atoms with Gasteiger partial charge in [-0.2, -0.15) is 0 Å². The maximum Gasteiger partial charge on any atom is 0.230 e. The minimum Gasteiger partial charge on any atom is -0.491 e. The van der Waals surface area contributed by atoms with Gasteiger partial charge in [0.1, 0.15) is 5.75 Å². The molecule has 0 bridgehead atoms. The van der Waals surface area contributed by atoms with Gasteiger partial charge in [-0.1, -0.05) is 0 Å². The van der Waals surface area contributed by atoms with Crippen molar-refractivity contribution in [2.75, 3.05) is 25.1 Å². The summed E-state index contributed by atoms with van der Waals surface area (Å²) in [6, 6.07) is 5.13. The first kappa shape index (κ1) is 12.6. The van der Waals surface area contributed by atoms with Crippen molar-refractivity contribution in [3.8, 4) is 5.75 Å². The van der Waals surface area contributed by atoms with Crippen molar-refractivity contribution in [1.29, 1.82) is 0 Å². The van der Waals surface area contributed by atoms with E-state index in [1.165, 1.54) is 4.90 Å². The van der Waals surface area contributed by atoms with Gasteiger partial charge in [0.15, 0.2) is 5.78 Å². The maximum absolute atomic E-state index is 11.8. The van der Waals surface area contributed by atoms with E-state index < -0.39 is 0 Å². The molecule has 1 aliphatic rings. The number of carbonyl (C=O) groups is 2. The molecule has 1 amide bonds. The first-order valence-corrected chi connectivity index (χ1v) is 5.90. The van der Waals surface area contributed by atoms with Gasteiger partial charge in [0.25, 0.3) is 0 Å². The summed E-state index contributed by atoms with van der Waals surface area (Å²) < 4.78 is 5.49. The fraction of sp³-hybridized carbons (Fsp3) is 0.385. The van der Waals surface area contributed by atoms with E-state index in [0.29, 0.717) is 43.0 Å². The molecule has 1 aromatic rings. The number of amides is 1. The molecule has 0 saturated carbocycles. The normalized spacial score (nSPS) is 14.8. The van der Waals surface area contributed by atoms with Crippen LogP contribution in [0.15, 0.2) is 18.2 Å². The first-order valence-electron chi connectivity index (χ1n) is 5.90. The van der Waals surface area contributed by atoms with Gasteiger partial charge in [0.2, 0.25) is 5.91 Å². The number of carbonyl (C=O) groups excluding carboxylic acids is 2. The first-order chi connectivity index (χ1) is 8.63. The van der Waals surface area contributed by atoms with E-state index in [1.54, 1.807) is 25.2 Å². The van der Waals surface area contributed by atoms with Crippen molar-refractivity contribution in [3.05, 3.63) is 23.8 Å². The van der Waals surface area contributed by atoms with Crippen molar-refractivity contribution < 1.29 is 14.3 Å². The number of rotatable bonds is 3. The van der Waals surface area contributed by atoms with Crippen molar-refractivity contribution in [3.63, 3.8) is 0 Å². The number of benzene rings is 1. The van der Waals surface area contributed by atoms with Crippen LogP contribution >= 0.6 is 0 Å². The van der Waals surface area contributed by atoms with Gasteiger partial charge in [-0.25, -0.2) is 0 Å². The lowest BCUT2D eigenvalue weighted by atomic mass is 10.1. The van der Waals surface area contributed by atoms with Crippen LogP contribution in [0.25, 0.3) is 0 Å². The van der Waals surface area contributed by atoms with Gasteiger partial charge < -0.3 is 15.4 Å². The molecule has 0 aromatic heterocycles. The topological polar surface area (TPSA) is 72.6 Å². The van der Waals surface area contributed by atoms with Crippen molar-refractivity contribution in [2.45, 2.75) is 12.8 Å². The number of ether oxygens (including phenoxy) is 1. The quantitative estimate of drug-likeness (QED) is 0.809. The Hall–Kier alpha value is -1.88. The van der Waals surface area contributed by atoms with Crippen LogP contribution in [0, 0.1) is 0 Å². The zero-order valence-corrected chi connectivity index (χ0v) is 10.3. The van der Waals surface area contributed by atoms with E-state index in [9.17, 15) is 9.59 Å². The van der Waals surface area contributed by atoms with Crippen LogP contribution in [0.1, 0.15) is 23.2 Å². The SMILES string of the molecule is CN1C(=O)CCOc2ccc(C(=O)CCN)cc21. The van der Waals surface area contributed by atoms with E-state index in [2.05, 4.69) is 0 Å². The average molecular weight is 248 g/mol. The summed E-state index contributed by atoms with van der Waals surface area (Å²) in [4.78, 5) is 25.0. The molecular formula is C13H16N2O3. The summed E-state index contributed by atoms with van der Waals surface area (Å²) in [5, 5.41) is 0. The Morgan fingerprint density at radius 2 is 2.28 bits per heavy atom. The summed E-state index contributed by atoms with van der Waals surface area (Å²) in [7, 11) is 1.69. The molecule has 0 fully saturated rings. The number of hydrogen-bond donors (Lipinski definition) is 1. The number of nitrogens with zero attached hydrogens (tertiary/aromatic N) is 1. The van der Waals surface area contributed by atoms with Gasteiger partial charge in [0.05, 0.1) is 18.7 Å². The van der Waals surface area contributed by atoms with Gasteiger partial charge in [-0.15, -0.1) is 0 Å². The van der Waals surface area contributed by atoms with Crippen LogP contribution < -0.4 is 15.4 Å². The lowest BCUT2D eigenvalue weighted by molar-refractivity contribution is -0.118. The molecule has 1 aliphatic heterocycles. The summed E-state index contributed by atoms with van der Waals surface area (Å²) >= 11 is 0. The van der Waals surface area contributed by atoms with Gasteiger partial charge in [0, 0.05) is 19.0 Å². The van der Waals surface area contributed by atoms with Crippen LogP contribution in [0.4, 0.5) is 5.69 Å². The molecule has 96 valence electrons. The number of fused-ring (bicyclic) bond motifs is 1. The van der Waals surface area contributed by atoms with Crippen LogP contribution in [-0.4, -0.2) is 31.9 Å². The minimum atomic E-state index is -0.0228. The third-order valence-electron chi connectivity index (χ3n) is 2.96. The number of hydrogen-bond acceptors (Lipinski definition) is 4. The highest BCUT2D eigenvalue weighted by atomic mass is 16.5. The Labute approximate surface area is 106 Å². The van der Waals surface area contributed by atoms with Crippen LogP contribution in [0.3, 0.4) is 0 Å². The van der Waals surface area contributed by atoms with Gasteiger partial charge >= 0.3 is 0 Å². The fourth-order valence-electron chi connectivity index (χ4n) is 1.90. The minimum absolute atomic E-state index is 0.0165. The summed E-state index contributed by atoms with van der Waals surface area (Å²) in [5.41, 5.74) is 6.57. The maximum atomic E-state index is 11.8. The molecule has 0 saturated heterocycles. The molecule has 0 unspecified atom stereocenters. The monoisotopic (exact) mass is 248 g/mol. The van der Waals surface area contributed by atoms with Gasteiger partial charge in [-0.05, 0) is 24.7 Å². The fourth-order valence-corrected chi connectivity index (χ4v) is 1.90. The number of nitrogens with two attached hydrogens (primary N) is 1. The molecule has 0 atom stereocenters. The molecule has 0 aliphatic carbocycles. The highest BCUT2D eigenvalue weighted by molar-refractivity contribution is 6.00. The smallest absolute Gasteiger partial charge is 0.230 e. The zero-order chi connectivity index (χ0) is 13.1. The Morgan fingerprint density at radius 3 is 3.00 bits per heavy atom. The van der Waals surface area contributed by atoms with E-state index in [0.717, 1.165) is 0 Å². The zero-order valence-electron chi connectivity index (χ0n) is 10.3. The Balaban J connectivity index is 2.37. The van der Waals surface area contributed by atoms with E-state index >= 15 is 0 Å². The highest BCUT2D eigenvalue weighted by Crippen LogP contribution is 2.31. The number of ketones is 1. The van der Waals surface area contributed by atoms with Crippen LogP contribution in [0.2, 0.25) is 0 Å². The second-order valence-corrected chi connectivity index (χ2v) is 4.20. The molecule has 2 N–H and O–H groups in total. The molecule has 2 rings (SSSR count). The molecule has 0 radical (unpaired) electrons. The summed E-state index contributed by atoms with van der Waals surface area (Å²) in [5.74, 6) is 0.593. The van der Waals surface area contributed by atoms with E-state index in [4.69, 9.17) is 10.5 Å². The largest absolute Gasteiger partial charge is 0.491 e. The van der Waals surface area contributed by atoms with Crippen molar-refractivity contribution in [2.24, 2.45) is 5.73 Å². The van der Waals surface area contributed by atoms with Crippen LogP contribution in [-0.2, 0) is 4.79 Å². The Bertz CT molecular complexity index is 485. The number of Topliss-reactive ketones (excluding diaryl/α,β-unsaturated/α-hetero) is 1. The standard InChI is InChI=1S/C13H16N2O3/c1-15-10-8-9(11(16)4-6-14)2-3-12(10)18-7-5-13(15)17/h2-3,8H,4-7,14H2,1H3. The predicted molar refractivity (Wildman–Crippen MR) is 68.0 cm³/mol.